The van der Waals surface area contributed by atoms with E-state index in [-0.39, 0.29) is 24.1 Å². The summed E-state index contributed by atoms with van der Waals surface area (Å²) in [5, 5.41) is 6.52. The minimum absolute atomic E-state index is 0.0196. The zero-order valence-electron chi connectivity index (χ0n) is 17.9. The summed E-state index contributed by atoms with van der Waals surface area (Å²) in [6.45, 7) is 5.71. The lowest BCUT2D eigenvalue weighted by molar-refractivity contribution is -0.144. The normalized spacial score (nSPS) is 16.0. The van der Waals surface area contributed by atoms with Crippen LogP contribution in [0.1, 0.15) is 53.8 Å². The van der Waals surface area contributed by atoms with Gasteiger partial charge in [0.15, 0.2) is 0 Å². The van der Waals surface area contributed by atoms with Crippen molar-refractivity contribution in [2.75, 3.05) is 19.6 Å². The largest absolute Gasteiger partial charge is 0.468 e. The maximum absolute atomic E-state index is 12.9. The van der Waals surface area contributed by atoms with Crippen LogP contribution in [0.4, 0.5) is 13.2 Å². The molecule has 0 saturated carbocycles. The quantitative estimate of drug-likeness (QED) is 0.595. The number of nitrogens with zero attached hydrogens (tertiary/aromatic N) is 5. The van der Waals surface area contributed by atoms with E-state index < -0.39 is 12.0 Å². The van der Waals surface area contributed by atoms with Crippen molar-refractivity contribution in [3.8, 4) is 0 Å². The minimum atomic E-state index is -4.64. The summed E-state index contributed by atoms with van der Waals surface area (Å²) in [6, 6.07) is 3.73. The van der Waals surface area contributed by atoms with Crippen molar-refractivity contribution in [3.63, 3.8) is 0 Å². The third kappa shape index (κ3) is 4.62. The number of carbonyl (C=O) groups is 1. The number of aromatic nitrogens is 4. The molecule has 0 aromatic carbocycles. The molecule has 1 atom stereocenters. The van der Waals surface area contributed by atoms with Gasteiger partial charge in [-0.25, -0.2) is 9.50 Å². The van der Waals surface area contributed by atoms with Crippen LogP contribution < -0.4 is 5.32 Å². The number of likely N-dealkylation sites (tertiary alicyclic amines) is 1. The van der Waals surface area contributed by atoms with E-state index in [1.165, 1.54) is 0 Å². The Hall–Kier alpha value is -2.95. The number of halogens is 3. The number of fused-ring (bicyclic) bond motifs is 1. The summed E-state index contributed by atoms with van der Waals surface area (Å²) in [5.41, 5.74) is 1.72. The molecule has 4 heterocycles. The Kier molecular flexibility index (Phi) is 6.18. The Bertz CT molecular complexity index is 1090. The Morgan fingerprint density at radius 3 is 2.66 bits per heavy atom. The average Bonchev–Trinajstić information content (AvgIpc) is 3.49. The van der Waals surface area contributed by atoms with Crippen molar-refractivity contribution in [2.24, 2.45) is 0 Å². The maximum Gasteiger partial charge on any atom is 0.453 e. The van der Waals surface area contributed by atoms with Crippen molar-refractivity contribution in [1.82, 2.24) is 29.8 Å². The molecule has 1 unspecified atom stereocenters. The van der Waals surface area contributed by atoms with Crippen LogP contribution in [0.2, 0.25) is 0 Å². The first-order valence-corrected chi connectivity index (χ1v) is 10.6. The fourth-order valence-electron chi connectivity index (χ4n) is 4.17. The van der Waals surface area contributed by atoms with E-state index >= 15 is 0 Å². The standard InChI is InChI=1S/C21H25F3N6O2/c1-13-15(14(2)30-20(26-13)27-19(28-30)21(22,23)24)7-8-18(31)25-12-16(17-6-5-11-32-17)29-9-3-4-10-29/h5-6,11,16H,3-4,7-10,12H2,1-2H3,(H,25,31). The van der Waals surface area contributed by atoms with Gasteiger partial charge in [-0.1, -0.05) is 0 Å². The maximum atomic E-state index is 12.9. The summed E-state index contributed by atoms with van der Waals surface area (Å²) in [4.78, 5) is 22.5. The first-order chi connectivity index (χ1) is 15.2. The second kappa shape index (κ2) is 8.89. The van der Waals surface area contributed by atoms with Crippen LogP contribution >= 0.6 is 0 Å². The molecule has 3 aromatic rings. The van der Waals surface area contributed by atoms with Gasteiger partial charge in [-0.15, -0.1) is 5.10 Å². The Morgan fingerprint density at radius 2 is 2.00 bits per heavy atom. The molecule has 0 bridgehead atoms. The molecule has 1 amide bonds. The predicted octanol–water partition coefficient (Wildman–Crippen LogP) is 3.24. The highest BCUT2D eigenvalue weighted by Gasteiger charge is 2.37. The molecule has 32 heavy (non-hydrogen) atoms. The van der Waals surface area contributed by atoms with Crippen LogP contribution in [-0.4, -0.2) is 50.0 Å². The monoisotopic (exact) mass is 450 g/mol. The van der Waals surface area contributed by atoms with Gasteiger partial charge in [0.25, 0.3) is 11.6 Å². The number of furan rings is 1. The number of alkyl halides is 3. The average molecular weight is 450 g/mol. The number of hydrogen-bond acceptors (Lipinski definition) is 6. The van der Waals surface area contributed by atoms with Gasteiger partial charge in [-0.2, -0.15) is 18.2 Å². The van der Waals surface area contributed by atoms with Crippen LogP contribution in [0.25, 0.3) is 5.78 Å². The van der Waals surface area contributed by atoms with E-state index in [1.54, 1.807) is 20.1 Å². The van der Waals surface area contributed by atoms with E-state index in [1.807, 2.05) is 12.1 Å². The number of nitrogens with one attached hydrogen (secondary N) is 1. The van der Waals surface area contributed by atoms with Gasteiger partial charge in [0.05, 0.1) is 12.3 Å². The molecule has 11 heteroatoms. The third-order valence-corrected chi connectivity index (χ3v) is 5.85. The van der Waals surface area contributed by atoms with Gasteiger partial charge in [0, 0.05) is 24.4 Å². The van der Waals surface area contributed by atoms with Crippen LogP contribution in [0.15, 0.2) is 22.8 Å². The third-order valence-electron chi connectivity index (χ3n) is 5.85. The molecule has 1 aliphatic heterocycles. The van der Waals surface area contributed by atoms with Gasteiger partial charge in [-0.05, 0) is 63.9 Å². The predicted molar refractivity (Wildman–Crippen MR) is 109 cm³/mol. The van der Waals surface area contributed by atoms with Crippen LogP contribution in [-0.2, 0) is 17.4 Å². The second-order valence-electron chi connectivity index (χ2n) is 7.98. The molecule has 0 spiro atoms. The second-order valence-corrected chi connectivity index (χ2v) is 7.98. The molecular formula is C21H25F3N6O2. The number of rotatable bonds is 7. The highest BCUT2D eigenvalue weighted by atomic mass is 19.4. The Morgan fingerprint density at radius 1 is 1.25 bits per heavy atom. The molecular weight excluding hydrogens is 425 g/mol. The van der Waals surface area contributed by atoms with E-state index in [0.29, 0.717) is 29.9 Å². The number of hydrogen-bond donors (Lipinski definition) is 1. The molecule has 1 saturated heterocycles. The number of carbonyl (C=O) groups excluding carboxylic acids is 1. The lowest BCUT2D eigenvalue weighted by Gasteiger charge is -2.26. The van der Waals surface area contributed by atoms with Gasteiger partial charge in [0.2, 0.25) is 5.91 Å². The fraction of sp³-hybridized carbons (Fsp3) is 0.524. The van der Waals surface area contributed by atoms with Gasteiger partial charge in [-0.3, -0.25) is 9.69 Å². The smallest absolute Gasteiger partial charge is 0.453 e. The fourth-order valence-corrected chi connectivity index (χ4v) is 4.17. The Labute approximate surface area is 182 Å². The molecule has 4 rings (SSSR count). The van der Waals surface area contributed by atoms with Crippen LogP contribution in [0.5, 0.6) is 0 Å². The van der Waals surface area contributed by atoms with E-state index in [4.69, 9.17) is 4.42 Å². The summed E-state index contributed by atoms with van der Waals surface area (Å²) in [7, 11) is 0. The molecule has 1 fully saturated rings. The van der Waals surface area contributed by atoms with Crippen molar-refractivity contribution in [2.45, 2.75) is 51.7 Å². The molecule has 3 aromatic heterocycles. The highest BCUT2D eigenvalue weighted by Crippen LogP contribution is 2.27. The summed E-state index contributed by atoms with van der Waals surface area (Å²) in [6.07, 6.45) is -0.254. The first-order valence-electron chi connectivity index (χ1n) is 10.6. The van der Waals surface area contributed by atoms with Crippen molar-refractivity contribution < 1.29 is 22.4 Å². The molecule has 1 N–H and O–H groups in total. The van der Waals surface area contributed by atoms with Gasteiger partial charge in [0.1, 0.15) is 5.76 Å². The summed E-state index contributed by atoms with van der Waals surface area (Å²) < 4.78 is 45.5. The number of aryl methyl sites for hydroxylation is 2. The first kappa shape index (κ1) is 22.3. The zero-order valence-corrected chi connectivity index (χ0v) is 17.9. The molecule has 1 aliphatic rings. The van der Waals surface area contributed by atoms with Crippen molar-refractivity contribution >= 4 is 11.7 Å². The van der Waals surface area contributed by atoms with E-state index in [2.05, 4.69) is 25.3 Å². The lowest BCUT2D eigenvalue weighted by atomic mass is 10.1. The Balaban J connectivity index is 1.42. The highest BCUT2D eigenvalue weighted by molar-refractivity contribution is 5.76. The van der Waals surface area contributed by atoms with Gasteiger partial charge < -0.3 is 9.73 Å². The molecule has 172 valence electrons. The summed E-state index contributed by atoms with van der Waals surface area (Å²) >= 11 is 0. The van der Waals surface area contributed by atoms with Crippen molar-refractivity contribution in [3.05, 3.63) is 46.9 Å². The van der Waals surface area contributed by atoms with Crippen LogP contribution in [0.3, 0.4) is 0 Å². The molecule has 8 nitrogen and oxygen atoms in total. The van der Waals surface area contributed by atoms with Crippen LogP contribution in [0, 0.1) is 13.8 Å². The van der Waals surface area contributed by atoms with E-state index in [0.717, 1.165) is 36.2 Å². The number of amides is 1. The van der Waals surface area contributed by atoms with E-state index in [9.17, 15) is 18.0 Å². The lowest BCUT2D eigenvalue weighted by Crippen LogP contribution is -2.36. The minimum Gasteiger partial charge on any atom is -0.468 e. The zero-order chi connectivity index (χ0) is 22.9. The summed E-state index contributed by atoms with van der Waals surface area (Å²) in [5.74, 6) is -0.657. The molecule has 0 radical (unpaired) electrons. The SMILES string of the molecule is Cc1nc2nc(C(F)(F)F)nn2c(C)c1CCC(=O)NCC(c1ccco1)N1CCCC1. The van der Waals surface area contributed by atoms with Crippen molar-refractivity contribution in [1.29, 1.82) is 0 Å². The molecule has 0 aliphatic carbocycles. The topological polar surface area (TPSA) is 88.6 Å². The van der Waals surface area contributed by atoms with Gasteiger partial charge >= 0.3 is 6.18 Å².